The maximum absolute atomic E-state index is 8.37. The summed E-state index contributed by atoms with van der Waals surface area (Å²) in [5.41, 5.74) is 0. The van der Waals surface area contributed by atoms with Crippen molar-refractivity contribution in [1.29, 1.82) is 5.26 Å². The summed E-state index contributed by atoms with van der Waals surface area (Å²) in [6.07, 6.45) is 0. The van der Waals surface area contributed by atoms with Crippen LogP contribution in [0.25, 0.3) is 0 Å². The third-order valence-corrected chi connectivity index (χ3v) is 2.32. The van der Waals surface area contributed by atoms with Crippen LogP contribution in [0.15, 0.2) is 29.2 Å². The summed E-state index contributed by atoms with van der Waals surface area (Å²) in [4.78, 5) is 1.10. The lowest BCUT2D eigenvalue weighted by Crippen LogP contribution is -1.90. The van der Waals surface area contributed by atoms with Gasteiger partial charge < -0.3 is 4.74 Å². The van der Waals surface area contributed by atoms with Crippen molar-refractivity contribution in [3.05, 3.63) is 24.3 Å². The van der Waals surface area contributed by atoms with Gasteiger partial charge in [0.25, 0.3) is 0 Å². The van der Waals surface area contributed by atoms with Crippen LogP contribution in [-0.2, 0) is 0 Å². The summed E-state index contributed by atoms with van der Waals surface area (Å²) < 4.78 is 5.29. The van der Waals surface area contributed by atoms with E-state index in [4.69, 9.17) is 10.00 Å². The predicted molar refractivity (Wildman–Crippen MR) is 53.9 cm³/mol. The Balaban J connectivity index is 2.54. The van der Waals surface area contributed by atoms with Crippen molar-refractivity contribution in [1.82, 2.24) is 0 Å². The second-order valence-electron chi connectivity index (χ2n) is 2.35. The van der Waals surface area contributed by atoms with Gasteiger partial charge in [-0.25, -0.2) is 0 Å². The fourth-order valence-corrected chi connectivity index (χ4v) is 1.47. The standard InChI is InChI=1S/C10H11NOS/c1-2-12-9-3-5-10(6-4-9)13-8-7-11/h3-6H,2,8H2,1H3. The van der Waals surface area contributed by atoms with E-state index >= 15 is 0 Å². The molecule has 0 spiro atoms. The summed E-state index contributed by atoms with van der Waals surface area (Å²) >= 11 is 1.53. The Kier molecular flexibility index (Phi) is 4.20. The molecule has 0 fully saturated rings. The molecule has 0 amide bonds. The van der Waals surface area contributed by atoms with Gasteiger partial charge >= 0.3 is 0 Å². The molecule has 1 rings (SSSR count). The van der Waals surface area contributed by atoms with Gasteiger partial charge in [-0.3, -0.25) is 0 Å². The first-order valence-corrected chi connectivity index (χ1v) is 5.08. The van der Waals surface area contributed by atoms with E-state index in [1.165, 1.54) is 11.8 Å². The van der Waals surface area contributed by atoms with Gasteiger partial charge in [0.1, 0.15) is 5.75 Å². The van der Waals surface area contributed by atoms with Gasteiger partial charge in [0.05, 0.1) is 18.4 Å². The molecule has 0 aliphatic carbocycles. The first-order chi connectivity index (χ1) is 6.36. The Morgan fingerprint density at radius 1 is 1.38 bits per heavy atom. The molecule has 0 aliphatic heterocycles. The number of thioether (sulfide) groups is 1. The number of benzene rings is 1. The van der Waals surface area contributed by atoms with Gasteiger partial charge in [-0.1, -0.05) is 0 Å². The summed E-state index contributed by atoms with van der Waals surface area (Å²) in [7, 11) is 0. The number of nitrogens with zero attached hydrogens (tertiary/aromatic N) is 1. The van der Waals surface area contributed by atoms with Crippen molar-refractivity contribution in [3.63, 3.8) is 0 Å². The number of ether oxygens (including phenoxy) is 1. The van der Waals surface area contributed by atoms with Gasteiger partial charge in [0.2, 0.25) is 0 Å². The molecule has 0 unspecified atom stereocenters. The number of hydrogen-bond acceptors (Lipinski definition) is 3. The van der Waals surface area contributed by atoms with Gasteiger partial charge in [-0.15, -0.1) is 11.8 Å². The lowest BCUT2D eigenvalue weighted by Gasteiger charge is -2.02. The molecular formula is C10H11NOS. The summed E-state index contributed by atoms with van der Waals surface area (Å²) in [5, 5.41) is 8.37. The molecule has 1 aromatic rings. The Bertz CT molecular complexity index is 289. The predicted octanol–water partition coefficient (Wildman–Crippen LogP) is 2.70. The van der Waals surface area contributed by atoms with Gasteiger partial charge in [-0.05, 0) is 31.2 Å². The molecule has 68 valence electrons. The molecule has 0 N–H and O–H groups in total. The molecule has 0 radical (unpaired) electrons. The zero-order valence-electron chi connectivity index (χ0n) is 7.49. The largest absolute Gasteiger partial charge is 0.494 e. The molecule has 1 aromatic carbocycles. The summed E-state index contributed by atoms with van der Waals surface area (Å²) in [6.45, 7) is 2.64. The van der Waals surface area contributed by atoms with E-state index in [-0.39, 0.29) is 0 Å². The maximum Gasteiger partial charge on any atom is 0.119 e. The van der Waals surface area contributed by atoms with Crippen molar-refractivity contribution < 1.29 is 4.74 Å². The summed E-state index contributed by atoms with van der Waals surface area (Å²) in [5.74, 6) is 1.37. The van der Waals surface area contributed by atoms with Crippen LogP contribution in [0.2, 0.25) is 0 Å². The van der Waals surface area contributed by atoms with Gasteiger partial charge in [-0.2, -0.15) is 5.26 Å². The summed E-state index contributed by atoms with van der Waals surface area (Å²) in [6, 6.07) is 9.86. The smallest absolute Gasteiger partial charge is 0.119 e. The normalized spacial score (nSPS) is 9.23. The second-order valence-corrected chi connectivity index (χ2v) is 3.40. The van der Waals surface area contributed by atoms with Crippen LogP contribution in [0.5, 0.6) is 5.75 Å². The molecule has 0 saturated carbocycles. The van der Waals surface area contributed by atoms with E-state index < -0.39 is 0 Å². The lowest BCUT2D eigenvalue weighted by atomic mass is 10.3. The van der Waals surface area contributed by atoms with E-state index in [0.29, 0.717) is 12.4 Å². The molecule has 0 aliphatic rings. The Hall–Kier alpha value is -1.14. The van der Waals surface area contributed by atoms with Crippen LogP contribution in [0, 0.1) is 11.3 Å². The van der Waals surface area contributed by atoms with Crippen LogP contribution < -0.4 is 4.74 Å². The minimum Gasteiger partial charge on any atom is -0.494 e. The molecule has 0 bridgehead atoms. The number of rotatable bonds is 4. The molecule has 0 heterocycles. The van der Waals surface area contributed by atoms with Crippen molar-refractivity contribution in [2.45, 2.75) is 11.8 Å². The third-order valence-electron chi connectivity index (χ3n) is 1.44. The fourth-order valence-electron chi connectivity index (χ4n) is 0.914. The van der Waals surface area contributed by atoms with E-state index in [1.54, 1.807) is 0 Å². The quantitative estimate of drug-likeness (QED) is 0.689. The van der Waals surface area contributed by atoms with Crippen molar-refractivity contribution in [3.8, 4) is 11.8 Å². The Morgan fingerprint density at radius 3 is 2.62 bits per heavy atom. The third kappa shape index (κ3) is 3.39. The highest BCUT2D eigenvalue weighted by Crippen LogP contribution is 2.20. The Labute approximate surface area is 82.5 Å². The molecule has 13 heavy (non-hydrogen) atoms. The van der Waals surface area contributed by atoms with Gasteiger partial charge in [0.15, 0.2) is 0 Å². The van der Waals surface area contributed by atoms with Crippen LogP contribution in [0.1, 0.15) is 6.92 Å². The minimum absolute atomic E-state index is 0.494. The highest BCUT2D eigenvalue weighted by molar-refractivity contribution is 7.99. The monoisotopic (exact) mass is 193 g/mol. The van der Waals surface area contributed by atoms with Crippen LogP contribution in [0.4, 0.5) is 0 Å². The SMILES string of the molecule is CCOc1ccc(SCC#N)cc1. The lowest BCUT2D eigenvalue weighted by molar-refractivity contribution is 0.340. The molecule has 0 aromatic heterocycles. The number of nitriles is 1. The zero-order valence-corrected chi connectivity index (χ0v) is 8.30. The maximum atomic E-state index is 8.37. The average Bonchev–Trinajstić information content (AvgIpc) is 2.17. The van der Waals surface area contributed by atoms with Gasteiger partial charge in [0, 0.05) is 4.90 Å². The topological polar surface area (TPSA) is 33.0 Å². The van der Waals surface area contributed by atoms with E-state index in [0.717, 1.165) is 10.6 Å². The van der Waals surface area contributed by atoms with E-state index in [9.17, 15) is 0 Å². The zero-order chi connectivity index (χ0) is 9.52. The molecule has 2 nitrogen and oxygen atoms in total. The van der Waals surface area contributed by atoms with Crippen LogP contribution in [-0.4, -0.2) is 12.4 Å². The van der Waals surface area contributed by atoms with Crippen molar-refractivity contribution in [2.75, 3.05) is 12.4 Å². The number of hydrogen-bond donors (Lipinski definition) is 0. The molecule has 0 saturated heterocycles. The first kappa shape index (κ1) is 9.94. The average molecular weight is 193 g/mol. The van der Waals surface area contributed by atoms with E-state index in [1.807, 2.05) is 31.2 Å². The first-order valence-electron chi connectivity index (χ1n) is 4.09. The molecule has 3 heteroatoms. The van der Waals surface area contributed by atoms with Crippen molar-refractivity contribution in [2.24, 2.45) is 0 Å². The fraction of sp³-hybridized carbons (Fsp3) is 0.300. The Morgan fingerprint density at radius 2 is 2.08 bits per heavy atom. The second kappa shape index (κ2) is 5.50. The molecule has 0 atom stereocenters. The minimum atomic E-state index is 0.494. The molecular weight excluding hydrogens is 182 g/mol. The van der Waals surface area contributed by atoms with E-state index in [2.05, 4.69) is 6.07 Å². The van der Waals surface area contributed by atoms with Crippen LogP contribution >= 0.6 is 11.8 Å². The highest BCUT2D eigenvalue weighted by Gasteiger charge is 1.94. The van der Waals surface area contributed by atoms with Crippen molar-refractivity contribution >= 4 is 11.8 Å². The van der Waals surface area contributed by atoms with Crippen LogP contribution in [0.3, 0.4) is 0 Å². The highest BCUT2D eigenvalue weighted by atomic mass is 32.2.